The van der Waals surface area contributed by atoms with Gasteiger partial charge < -0.3 is 0 Å². The van der Waals surface area contributed by atoms with Crippen molar-refractivity contribution in [3.05, 3.63) is 33.8 Å². The molecule has 0 aliphatic heterocycles. The molecule has 0 aliphatic rings. The van der Waals surface area contributed by atoms with Crippen LogP contribution in [0.1, 0.15) is 12.0 Å². The van der Waals surface area contributed by atoms with Crippen molar-refractivity contribution in [3.63, 3.8) is 0 Å². The van der Waals surface area contributed by atoms with Crippen LogP contribution in [-0.4, -0.2) is 0 Å². The maximum atomic E-state index is 12.1. The second kappa shape index (κ2) is 3.37. The van der Waals surface area contributed by atoms with Gasteiger partial charge in [0.05, 0.1) is 0 Å². The predicted octanol–water partition coefficient (Wildman–Crippen LogP) is 3.93. The minimum Gasteiger partial charge on any atom is -0.205 e. The zero-order valence-corrected chi connectivity index (χ0v) is 6.83. The predicted molar refractivity (Wildman–Crippen MR) is 41.4 cm³/mol. The van der Waals surface area contributed by atoms with Crippen LogP contribution in [0, 0.1) is 0 Å². The summed E-state index contributed by atoms with van der Waals surface area (Å²) in [5.74, 6) is 0. The minimum absolute atomic E-state index is 0.0457. The molecule has 0 spiro atoms. The van der Waals surface area contributed by atoms with E-state index in [1.807, 2.05) is 0 Å². The molecule has 0 fully saturated rings. The Bertz CT molecular complexity index is 261. The van der Waals surface area contributed by atoms with E-state index in [2.05, 4.69) is 0 Å². The lowest BCUT2D eigenvalue weighted by atomic mass is 10.2. The van der Waals surface area contributed by atoms with Gasteiger partial charge in [0.15, 0.2) is 0 Å². The van der Waals surface area contributed by atoms with Crippen LogP contribution in [0.25, 0.3) is 0 Å². The Hall–Kier alpha value is -0.340. The van der Waals surface area contributed by atoms with Crippen LogP contribution in [-0.2, 0) is 0 Å². The van der Waals surface area contributed by atoms with Crippen LogP contribution in [0.3, 0.4) is 0 Å². The summed E-state index contributed by atoms with van der Waals surface area (Å²) in [4.78, 5) is 0. The fourth-order valence-corrected chi connectivity index (χ4v) is 1.06. The summed E-state index contributed by atoms with van der Waals surface area (Å²) in [7, 11) is 0. The summed E-state index contributed by atoms with van der Waals surface area (Å²) in [6, 6.07) is 3.98. The van der Waals surface area contributed by atoms with Gasteiger partial charge >= 0.3 is 0 Å². The lowest BCUT2D eigenvalue weighted by Gasteiger charge is -2.01. The number of hydrogen-bond acceptors (Lipinski definition) is 0. The van der Waals surface area contributed by atoms with Crippen LogP contribution in [0.4, 0.5) is 8.78 Å². The first-order chi connectivity index (χ1) is 5.11. The first-order valence-electron chi connectivity index (χ1n) is 2.84. The Morgan fingerprint density at radius 1 is 1.18 bits per heavy atom. The SMILES string of the molecule is FC(F)c1cc(Cl)ccc1Cl. The maximum Gasteiger partial charge on any atom is 0.265 e. The van der Waals surface area contributed by atoms with Crippen molar-refractivity contribution in [2.75, 3.05) is 0 Å². The van der Waals surface area contributed by atoms with Crippen molar-refractivity contribution in [1.29, 1.82) is 0 Å². The van der Waals surface area contributed by atoms with E-state index in [-0.39, 0.29) is 15.6 Å². The summed E-state index contributed by atoms with van der Waals surface area (Å²) in [5, 5.41) is 0.314. The third-order valence-electron chi connectivity index (χ3n) is 1.19. The molecule has 0 N–H and O–H groups in total. The summed E-state index contributed by atoms with van der Waals surface area (Å²) in [6.45, 7) is 0. The number of rotatable bonds is 1. The molecular formula is C7H4Cl2F2. The highest BCUT2D eigenvalue weighted by Crippen LogP contribution is 2.29. The standard InChI is InChI=1S/C7H4Cl2F2/c8-4-1-2-6(9)5(3-4)7(10)11/h1-3,7H. The quantitative estimate of drug-likeness (QED) is 0.639. The van der Waals surface area contributed by atoms with Crippen LogP contribution in [0.2, 0.25) is 10.0 Å². The van der Waals surface area contributed by atoms with Gasteiger partial charge in [0.1, 0.15) is 0 Å². The van der Waals surface area contributed by atoms with Crippen LogP contribution >= 0.6 is 23.2 Å². The van der Waals surface area contributed by atoms with Gasteiger partial charge in [-0.15, -0.1) is 0 Å². The highest BCUT2D eigenvalue weighted by Gasteiger charge is 2.11. The lowest BCUT2D eigenvalue weighted by Crippen LogP contribution is -1.84. The van der Waals surface area contributed by atoms with E-state index in [1.165, 1.54) is 12.1 Å². The monoisotopic (exact) mass is 196 g/mol. The first kappa shape index (κ1) is 8.75. The van der Waals surface area contributed by atoms with Gasteiger partial charge in [-0.2, -0.15) is 0 Å². The minimum atomic E-state index is -2.57. The van der Waals surface area contributed by atoms with Crippen LogP contribution in [0.15, 0.2) is 18.2 Å². The van der Waals surface area contributed by atoms with Crippen molar-refractivity contribution in [1.82, 2.24) is 0 Å². The summed E-state index contributed by atoms with van der Waals surface area (Å²) in [5.41, 5.74) is -0.223. The zero-order valence-electron chi connectivity index (χ0n) is 5.32. The largest absolute Gasteiger partial charge is 0.265 e. The topological polar surface area (TPSA) is 0 Å². The van der Waals surface area contributed by atoms with Gasteiger partial charge in [-0.05, 0) is 18.2 Å². The van der Waals surface area contributed by atoms with Crippen molar-refractivity contribution >= 4 is 23.2 Å². The van der Waals surface area contributed by atoms with Gasteiger partial charge in [-0.1, -0.05) is 23.2 Å². The second-order valence-electron chi connectivity index (χ2n) is 1.97. The molecule has 4 heteroatoms. The van der Waals surface area contributed by atoms with Gasteiger partial charge in [-0.25, -0.2) is 8.78 Å². The molecule has 0 unspecified atom stereocenters. The van der Waals surface area contributed by atoms with E-state index in [4.69, 9.17) is 23.2 Å². The van der Waals surface area contributed by atoms with Crippen LogP contribution < -0.4 is 0 Å². The number of halogens is 4. The summed E-state index contributed by atoms with van der Waals surface area (Å²) >= 11 is 10.9. The van der Waals surface area contributed by atoms with Gasteiger partial charge in [0.2, 0.25) is 0 Å². The highest BCUT2D eigenvalue weighted by atomic mass is 35.5. The smallest absolute Gasteiger partial charge is 0.205 e. The number of hydrogen-bond donors (Lipinski definition) is 0. The van der Waals surface area contributed by atoms with E-state index in [0.29, 0.717) is 0 Å². The zero-order chi connectivity index (χ0) is 8.43. The molecule has 0 saturated carbocycles. The summed E-state index contributed by atoms with van der Waals surface area (Å²) in [6.07, 6.45) is -2.57. The second-order valence-corrected chi connectivity index (χ2v) is 2.81. The van der Waals surface area contributed by atoms with E-state index in [9.17, 15) is 8.78 Å². The fourth-order valence-electron chi connectivity index (χ4n) is 0.682. The molecule has 0 atom stereocenters. The molecule has 0 heterocycles. The average molecular weight is 197 g/mol. The first-order valence-corrected chi connectivity index (χ1v) is 3.60. The Labute approximate surface area is 72.7 Å². The molecule has 0 aromatic heterocycles. The van der Waals surface area contributed by atoms with Crippen molar-refractivity contribution < 1.29 is 8.78 Å². The fraction of sp³-hybridized carbons (Fsp3) is 0.143. The van der Waals surface area contributed by atoms with Gasteiger partial charge in [0.25, 0.3) is 6.43 Å². The molecular weight excluding hydrogens is 193 g/mol. The molecule has 60 valence electrons. The molecule has 0 radical (unpaired) electrons. The third-order valence-corrected chi connectivity index (χ3v) is 1.77. The number of benzene rings is 1. The molecule has 0 nitrogen and oxygen atoms in total. The van der Waals surface area contributed by atoms with E-state index >= 15 is 0 Å². The molecule has 1 aromatic rings. The van der Waals surface area contributed by atoms with Gasteiger partial charge in [-0.3, -0.25) is 0 Å². The van der Waals surface area contributed by atoms with Gasteiger partial charge in [0, 0.05) is 15.6 Å². The van der Waals surface area contributed by atoms with Crippen molar-refractivity contribution in [3.8, 4) is 0 Å². The van der Waals surface area contributed by atoms with E-state index in [0.717, 1.165) is 6.07 Å². The highest BCUT2D eigenvalue weighted by molar-refractivity contribution is 6.33. The maximum absolute atomic E-state index is 12.1. The lowest BCUT2D eigenvalue weighted by molar-refractivity contribution is 0.151. The van der Waals surface area contributed by atoms with Crippen LogP contribution in [0.5, 0.6) is 0 Å². The Balaban J connectivity index is 3.13. The Morgan fingerprint density at radius 3 is 2.27 bits per heavy atom. The third kappa shape index (κ3) is 2.04. The van der Waals surface area contributed by atoms with E-state index < -0.39 is 6.43 Å². The average Bonchev–Trinajstić information content (AvgIpc) is 1.94. The van der Waals surface area contributed by atoms with Crippen molar-refractivity contribution in [2.24, 2.45) is 0 Å². The molecule has 0 bridgehead atoms. The molecule has 1 rings (SSSR count). The normalized spacial score (nSPS) is 10.6. The summed E-state index contributed by atoms with van der Waals surface area (Å²) < 4.78 is 24.1. The molecule has 0 saturated heterocycles. The molecule has 0 amide bonds. The molecule has 1 aromatic carbocycles. The molecule has 11 heavy (non-hydrogen) atoms. The Morgan fingerprint density at radius 2 is 1.82 bits per heavy atom. The number of alkyl halides is 2. The van der Waals surface area contributed by atoms with E-state index in [1.54, 1.807) is 0 Å². The molecule has 0 aliphatic carbocycles. The Kier molecular flexibility index (Phi) is 2.68. The van der Waals surface area contributed by atoms with Crippen molar-refractivity contribution in [2.45, 2.75) is 6.43 Å².